The maximum absolute atomic E-state index is 2.60. The molecule has 1 aliphatic rings. The van der Waals surface area contributed by atoms with E-state index in [2.05, 4.69) is 142 Å². The van der Waals surface area contributed by atoms with Gasteiger partial charge in [-0.2, -0.15) is 0 Å². The highest BCUT2D eigenvalue weighted by molar-refractivity contribution is 5.88. The Labute approximate surface area is 250 Å². The van der Waals surface area contributed by atoms with Gasteiger partial charge in [-0.25, -0.2) is 0 Å². The molecule has 0 atom stereocenters. The van der Waals surface area contributed by atoms with Crippen LogP contribution in [0.5, 0.6) is 0 Å². The molecule has 0 bridgehead atoms. The molecule has 0 heterocycles. The quantitative estimate of drug-likeness (QED) is 0.183. The fraction of sp³-hybridized carbons (Fsp3) is 0.415. The van der Waals surface area contributed by atoms with Crippen LogP contribution in [-0.4, -0.2) is 0 Å². The zero-order chi connectivity index (χ0) is 29.7. The van der Waals surface area contributed by atoms with E-state index < -0.39 is 0 Å². The van der Waals surface area contributed by atoms with Crippen LogP contribution in [0.1, 0.15) is 123 Å². The summed E-state index contributed by atoms with van der Waals surface area (Å²) in [6.07, 6.45) is 4.52. The minimum absolute atomic E-state index is 0.146. The van der Waals surface area contributed by atoms with Crippen LogP contribution >= 0.6 is 0 Å². The van der Waals surface area contributed by atoms with Gasteiger partial charge < -0.3 is 0 Å². The predicted octanol–water partition coefficient (Wildman–Crippen LogP) is 11.4. The van der Waals surface area contributed by atoms with Crippen molar-refractivity contribution in [2.45, 2.75) is 111 Å². The van der Waals surface area contributed by atoms with Crippen molar-refractivity contribution in [2.75, 3.05) is 0 Å². The molecule has 0 N–H and O–H groups in total. The third-order valence-corrected chi connectivity index (χ3v) is 11.2. The lowest BCUT2D eigenvalue weighted by molar-refractivity contribution is 0.437. The number of hydrogen-bond acceptors (Lipinski definition) is 0. The Hall–Kier alpha value is -3.12. The minimum atomic E-state index is -0.381. The normalized spacial score (nSPS) is 14.2. The summed E-state index contributed by atoms with van der Waals surface area (Å²) < 4.78 is 0. The molecular formula is C41H50. The van der Waals surface area contributed by atoms with E-state index in [-0.39, 0.29) is 16.2 Å². The lowest BCUT2D eigenvalue weighted by Gasteiger charge is -2.38. The van der Waals surface area contributed by atoms with Crippen molar-refractivity contribution in [1.29, 1.82) is 0 Å². The standard InChI is InChI=1S/C41H50/c1-11-39(9,12-2)31-19-21-33-34-22-20-32(40(10,13-3)14-4)26-38(34)41(37(33)25-31,35-23-27(5)15-17-29(35)7)36-24-28(6)16-18-30(36)8/h15-26H,11-14H2,1-10H3. The molecule has 214 valence electrons. The largest absolute Gasteiger partial charge is 0.0719 e. The third-order valence-electron chi connectivity index (χ3n) is 11.2. The first-order chi connectivity index (χ1) is 19.5. The summed E-state index contributed by atoms with van der Waals surface area (Å²) in [5.41, 5.74) is 16.7. The van der Waals surface area contributed by atoms with Crippen molar-refractivity contribution >= 4 is 0 Å². The van der Waals surface area contributed by atoms with Gasteiger partial charge >= 0.3 is 0 Å². The van der Waals surface area contributed by atoms with E-state index in [1.807, 2.05) is 0 Å². The van der Waals surface area contributed by atoms with Gasteiger partial charge in [-0.1, -0.05) is 125 Å². The molecule has 0 fully saturated rings. The zero-order valence-corrected chi connectivity index (χ0v) is 27.3. The van der Waals surface area contributed by atoms with Crippen molar-refractivity contribution in [3.05, 3.63) is 128 Å². The van der Waals surface area contributed by atoms with E-state index in [0.717, 1.165) is 25.7 Å². The second-order valence-corrected chi connectivity index (χ2v) is 13.4. The fourth-order valence-electron chi connectivity index (χ4n) is 7.40. The summed E-state index contributed by atoms with van der Waals surface area (Å²) >= 11 is 0. The Balaban J connectivity index is 2.03. The van der Waals surface area contributed by atoms with Crippen LogP contribution in [0.15, 0.2) is 72.8 Å². The molecule has 0 heteroatoms. The molecule has 0 radical (unpaired) electrons. The summed E-state index contributed by atoms with van der Waals surface area (Å²) in [6.45, 7) is 23.4. The van der Waals surface area contributed by atoms with Gasteiger partial charge in [0.1, 0.15) is 0 Å². The Morgan fingerprint density at radius 1 is 0.463 bits per heavy atom. The summed E-state index contributed by atoms with van der Waals surface area (Å²) in [6, 6.07) is 29.1. The average molecular weight is 543 g/mol. The van der Waals surface area contributed by atoms with Crippen LogP contribution in [0, 0.1) is 27.7 Å². The lowest BCUT2D eigenvalue weighted by atomic mass is 9.63. The first-order valence-corrected chi connectivity index (χ1v) is 15.9. The molecule has 0 unspecified atom stereocenters. The van der Waals surface area contributed by atoms with Crippen molar-refractivity contribution in [2.24, 2.45) is 0 Å². The predicted molar refractivity (Wildman–Crippen MR) is 179 cm³/mol. The number of benzene rings is 4. The van der Waals surface area contributed by atoms with Crippen molar-refractivity contribution in [3.8, 4) is 11.1 Å². The molecule has 4 aromatic carbocycles. The van der Waals surface area contributed by atoms with Gasteiger partial charge in [0.2, 0.25) is 0 Å². The van der Waals surface area contributed by atoms with Gasteiger partial charge in [0.15, 0.2) is 0 Å². The van der Waals surface area contributed by atoms with Gasteiger partial charge in [0, 0.05) is 0 Å². The SMILES string of the molecule is CCC(C)(CC)c1ccc2c(c1)C(c1cc(C)ccc1C)(c1cc(C)ccc1C)c1cc(C(C)(CC)CC)ccc1-2. The number of rotatable bonds is 8. The fourth-order valence-corrected chi connectivity index (χ4v) is 7.40. The Morgan fingerprint density at radius 3 is 1.17 bits per heavy atom. The molecule has 41 heavy (non-hydrogen) atoms. The van der Waals surface area contributed by atoms with Crippen LogP contribution in [-0.2, 0) is 16.2 Å². The van der Waals surface area contributed by atoms with Gasteiger partial charge in [0.05, 0.1) is 5.41 Å². The maximum Gasteiger partial charge on any atom is 0.0719 e. The first kappa shape index (κ1) is 29.4. The molecule has 0 aromatic heterocycles. The van der Waals surface area contributed by atoms with Gasteiger partial charge in [-0.3, -0.25) is 0 Å². The smallest absolute Gasteiger partial charge is 0.0645 e. The summed E-state index contributed by atoms with van der Waals surface area (Å²) in [4.78, 5) is 0. The molecule has 4 aromatic rings. The van der Waals surface area contributed by atoms with Crippen LogP contribution in [0.3, 0.4) is 0 Å². The minimum Gasteiger partial charge on any atom is -0.0645 e. The summed E-state index contributed by atoms with van der Waals surface area (Å²) in [5, 5.41) is 0. The molecule has 0 nitrogen and oxygen atoms in total. The lowest BCUT2D eigenvalue weighted by Crippen LogP contribution is -2.32. The summed E-state index contributed by atoms with van der Waals surface area (Å²) in [5.74, 6) is 0. The van der Waals surface area contributed by atoms with Crippen LogP contribution < -0.4 is 0 Å². The molecule has 0 saturated heterocycles. The Kier molecular flexibility index (Phi) is 7.60. The van der Waals surface area contributed by atoms with Crippen molar-refractivity contribution in [1.82, 2.24) is 0 Å². The third kappa shape index (κ3) is 4.41. The molecule has 1 aliphatic carbocycles. The molecule has 0 aliphatic heterocycles. The Morgan fingerprint density at radius 2 is 0.829 bits per heavy atom. The molecule has 5 rings (SSSR count). The number of hydrogen-bond donors (Lipinski definition) is 0. The van der Waals surface area contributed by atoms with Gasteiger partial charge in [-0.15, -0.1) is 0 Å². The van der Waals surface area contributed by atoms with Crippen molar-refractivity contribution < 1.29 is 0 Å². The number of aryl methyl sites for hydroxylation is 4. The molecule has 0 amide bonds. The monoisotopic (exact) mass is 542 g/mol. The molecule has 0 saturated carbocycles. The van der Waals surface area contributed by atoms with Gasteiger partial charge in [-0.05, 0) is 120 Å². The van der Waals surface area contributed by atoms with E-state index in [1.165, 1.54) is 66.8 Å². The van der Waals surface area contributed by atoms with E-state index in [0.29, 0.717) is 0 Å². The average Bonchev–Trinajstić information content (AvgIpc) is 3.28. The topological polar surface area (TPSA) is 0 Å². The van der Waals surface area contributed by atoms with Crippen molar-refractivity contribution in [3.63, 3.8) is 0 Å². The maximum atomic E-state index is 2.60. The highest BCUT2D eigenvalue weighted by atomic mass is 14.5. The number of fused-ring (bicyclic) bond motifs is 3. The zero-order valence-electron chi connectivity index (χ0n) is 27.3. The summed E-state index contributed by atoms with van der Waals surface area (Å²) in [7, 11) is 0. The first-order valence-electron chi connectivity index (χ1n) is 15.9. The van der Waals surface area contributed by atoms with E-state index in [4.69, 9.17) is 0 Å². The van der Waals surface area contributed by atoms with E-state index in [9.17, 15) is 0 Å². The van der Waals surface area contributed by atoms with E-state index >= 15 is 0 Å². The molecule has 0 spiro atoms. The second kappa shape index (κ2) is 10.6. The van der Waals surface area contributed by atoms with Crippen LogP contribution in [0.25, 0.3) is 11.1 Å². The highest BCUT2D eigenvalue weighted by Gasteiger charge is 2.48. The highest BCUT2D eigenvalue weighted by Crippen LogP contribution is 2.59. The van der Waals surface area contributed by atoms with Crippen LogP contribution in [0.2, 0.25) is 0 Å². The van der Waals surface area contributed by atoms with Crippen LogP contribution in [0.4, 0.5) is 0 Å². The Bertz CT molecular complexity index is 1470. The second-order valence-electron chi connectivity index (χ2n) is 13.4. The van der Waals surface area contributed by atoms with E-state index in [1.54, 1.807) is 0 Å². The molecular weight excluding hydrogens is 492 g/mol. The van der Waals surface area contributed by atoms with Gasteiger partial charge in [0.25, 0.3) is 0 Å².